The quantitative estimate of drug-likeness (QED) is 0.470. The number of rotatable bonds is 2. The molecule has 0 aliphatic carbocycles. The molecule has 0 radical (unpaired) electrons. The van der Waals surface area contributed by atoms with Crippen molar-refractivity contribution in [3.8, 4) is 5.75 Å². The maximum atomic E-state index is 10.6. The summed E-state index contributed by atoms with van der Waals surface area (Å²) < 4.78 is 59.5. The van der Waals surface area contributed by atoms with Gasteiger partial charge in [0.05, 0.1) is 4.90 Å². The molecule has 0 aliphatic heterocycles. The van der Waals surface area contributed by atoms with E-state index < -0.39 is 35.8 Å². The molecular weight excluding hydrogens is 288 g/mol. The van der Waals surface area contributed by atoms with E-state index in [1.54, 1.807) is 0 Å². The summed E-state index contributed by atoms with van der Waals surface area (Å²) in [7, 11) is -9.15. The van der Waals surface area contributed by atoms with Gasteiger partial charge >= 0.3 is 37.7 Å². The Hall–Kier alpha value is 0.0997. The summed E-state index contributed by atoms with van der Waals surface area (Å²) in [6.07, 6.45) is 0. The van der Waals surface area contributed by atoms with Gasteiger partial charge in [-0.15, -0.1) is 0 Å². The van der Waals surface area contributed by atoms with E-state index in [0.29, 0.717) is 12.1 Å². The molecule has 0 aliphatic rings. The van der Waals surface area contributed by atoms with E-state index >= 15 is 0 Å². The van der Waals surface area contributed by atoms with E-state index in [-0.39, 0.29) is 37.7 Å². The van der Waals surface area contributed by atoms with E-state index in [1.165, 1.54) is 0 Å². The third-order valence-corrected chi connectivity index (χ3v) is 3.26. The molecule has 0 saturated heterocycles. The standard InChI is InChI=1S/C6H6O7S2.Ca.2H/c7-5-3-4(14(8,9)10)1-2-6(5)15(11,12)13;;;/h1-3,7H,(H,8,9,10)(H,11,12,13);;;. The average Bonchev–Trinajstić information content (AvgIpc) is 1.99. The van der Waals surface area contributed by atoms with Crippen LogP contribution in [0.2, 0.25) is 0 Å². The van der Waals surface area contributed by atoms with Crippen molar-refractivity contribution in [2.24, 2.45) is 0 Å². The van der Waals surface area contributed by atoms with Gasteiger partial charge in [0.15, 0.2) is 0 Å². The Morgan fingerprint density at radius 3 is 1.75 bits per heavy atom. The Balaban J connectivity index is 0.00000225. The molecule has 0 amide bonds. The minimum atomic E-state index is -4.62. The number of hydrogen-bond acceptors (Lipinski definition) is 5. The van der Waals surface area contributed by atoms with Crippen LogP contribution in [0.25, 0.3) is 0 Å². The Bertz CT molecular complexity index is 589. The molecule has 0 bridgehead atoms. The van der Waals surface area contributed by atoms with Gasteiger partial charge in [0.25, 0.3) is 20.2 Å². The Labute approximate surface area is 122 Å². The number of hydrogen-bond donors (Lipinski definition) is 3. The molecule has 0 unspecified atom stereocenters. The minimum absolute atomic E-state index is 0. The number of phenols is 1. The van der Waals surface area contributed by atoms with Crippen LogP contribution in [0.15, 0.2) is 28.0 Å². The summed E-state index contributed by atoms with van der Waals surface area (Å²) in [6.45, 7) is 0. The number of benzene rings is 1. The van der Waals surface area contributed by atoms with Crippen molar-refractivity contribution in [1.29, 1.82) is 0 Å². The molecule has 0 atom stereocenters. The van der Waals surface area contributed by atoms with Gasteiger partial charge in [0.1, 0.15) is 10.6 Å². The van der Waals surface area contributed by atoms with Gasteiger partial charge < -0.3 is 5.11 Å². The maximum absolute atomic E-state index is 10.6. The third-order valence-electron chi connectivity index (χ3n) is 1.51. The summed E-state index contributed by atoms with van der Waals surface area (Å²) in [4.78, 5) is -1.51. The number of aromatic hydroxyl groups is 1. The van der Waals surface area contributed by atoms with Crippen molar-refractivity contribution >= 4 is 58.0 Å². The van der Waals surface area contributed by atoms with Gasteiger partial charge in [-0.25, -0.2) is 0 Å². The number of phenolic OH excluding ortho intramolecular Hbond substituents is 1. The van der Waals surface area contributed by atoms with Crippen LogP contribution in [0.5, 0.6) is 5.75 Å². The SMILES string of the molecule is O=S(=O)(O)c1ccc(S(=O)(=O)O)c(O)c1.[CaH2]. The molecule has 88 valence electrons. The van der Waals surface area contributed by atoms with Crippen LogP contribution in [-0.2, 0) is 20.2 Å². The summed E-state index contributed by atoms with van der Waals surface area (Å²) in [5, 5.41) is 9.08. The second-order valence-corrected chi connectivity index (χ2v) is 5.39. The summed E-state index contributed by atoms with van der Waals surface area (Å²) in [5.41, 5.74) is 0. The summed E-state index contributed by atoms with van der Waals surface area (Å²) >= 11 is 0. The molecule has 0 fully saturated rings. The molecule has 1 aromatic carbocycles. The molecular formula is C6H8CaO7S2. The first kappa shape index (κ1) is 16.1. The van der Waals surface area contributed by atoms with E-state index in [9.17, 15) is 16.8 Å². The molecule has 0 heterocycles. The van der Waals surface area contributed by atoms with E-state index in [1.807, 2.05) is 0 Å². The molecule has 0 aromatic heterocycles. The van der Waals surface area contributed by atoms with Crippen LogP contribution in [0, 0.1) is 0 Å². The first-order valence-electron chi connectivity index (χ1n) is 3.40. The first-order valence-corrected chi connectivity index (χ1v) is 6.28. The van der Waals surface area contributed by atoms with Crippen molar-refractivity contribution in [3.05, 3.63) is 18.2 Å². The van der Waals surface area contributed by atoms with Crippen LogP contribution in [0.1, 0.15) is 0 Å². The van der Waals surface area contributed by atoms with Crippen molar-refractivity contribution in [3.63, 3.8) is 0 Å². The topological polar surface area (TPSA) is 129 Å². The molecule has 1 rings (SSSR count). The van der Waals surface area contributed by atoms with Crippen LogP contribution < -0.4 is 0 Å². The molecule has 1 aromatic rings. The van der Waals surface area contributed by atoms with Gasteiger partial charge in [-0.3, -0.25) is 9.11 Å². The molecule has 3 N–H and O–H groups in total. The zero-order valence-corrected chi connectivity index (χ0v) is 8.66. The second kappa shape index (κ2) is 5.17. The summed E-state index contributed by atoms with van der Waals surface area (Å²) in [6, 6.07) is 1.91. The second-order valence-electron chi connectivity index (χ2n) is 2.58. The Morgan fingerprint density at radius 2 is 1.44 bits per heavy atom. The van der Waals surface area contributed by atoms with Crippen molar-refractivity contribution < 1.29 is 31.0 Å². The first-order chi connectivity index (χ1) is 6.62. The zero-order valence-electron chi connectivity index (χ0n) is 7.02. The molecule has 0 saturated carbocycles. The van der Waals surface area contributed by atoms with Gasteiger partial charge in [-0.1, -0.05) is 0 Å². The monoisotopic (exact) mass is 296 g/mol. The van der Waals surface area contributed by atoms with Crippen LogP contribution in [-0.4, -0.2) is 68.8 Å². The third kappa shape index (κ3) is 3.84. The van der Waals surface area contributed by atoms with E-state index in [2.05, 4.69) is 0 Å². The summed E-state index contributed by atoms with van der Waals surface area (Å²) in [5.74, 6) is -0.965. The Morgan fingerprint density at radius 1 is 0.938 bits per heavy atom. The average molecular weight is 296 g/mol. The molecule has 10 heteroatoms. The molecule has 16 heavy (non-hydrogen) atoms. The van der Waals surface area contributed by atoms with Crippen molar-refractivity contribution in [2.75, 3.05) is 0 Å². The fraction of sp³-hybridized carbons (Fsp3) is 0. The fourth-order valence-corrected chi connectivity index (χ4v) is 1.94. The van der Waals surface area contributed by atoms with Crippen LogP contribution in [0.4, 0.5) is 0 Å². The fourth-order valence-electron chi connectivity index (χ4n) is 0.876. The van der Waals surface area contributed by atoms with Gasteiger partial charge in [-0.2, -0.15) is 16.8 Å². The van der Waals surface area contributed by atoms with Gasteiger partial charge in [0.2, 0.25) is 0 Å². The Kier molecular flexibility index (Phi) is 5.20. The van der Waals surface area contributed by atoms with E-state index in [4.69, 9.17) is 14.2 Å². The van der Waals surface area contributed by atoms with Gasteiger partial charge in [-0.05, 0) is 12.1 Å². The van der Waals surface area contributed by atoms with Gasteiger partial charge in [0, 0.05) is 6.07 Å². The molecule has 7 nitrogen and oxygen atoms in total. The zero-order chi connectivity index (χ0) is 11.9. The van der Waals surface area contributed by atoms with Crippen LogP contribution in [0.3, 0.4) is 0 Å². The predicted octanol–water partition coefficient (Wildman–Crippen LogP) is -1.03. The van der Waals surface area contributed by atoms with Crippen molar-refractivity contribution in [1.82, 2.24) is 0 Å². The predicted molar refractivity (Wildman–Crippen MR) is 56.3 cm³/mol. The van der Waals surface area contributed by atoms with Crippen molar-refractivity contribution in [2.45, 2.75) is 9.79 Å². The van der Waals surface area contributed by atoms with Crippen LogP contribution >= 0.6 is 0 Å². The van der Waals surface area contributed by atoms with E-state index in [0.717, 1.165) is 6.07 Å². The molecule has 0 spiro atoms. The normalized spacial score (nSPS) is 11.9.